The third-order valence-corrected chi connectivity index (χ3v) is 7.51. The monoisotopic (exact) mass is 400 g/mol. The van der Waals surface area contributed by atoms with Gasteiger partial charge in [-0.1, -0.05) is 36.8 Å². The number of hydrogen-bond donors (Lipinski definition) is 1. The molecule has 3 rings (SSSR count). The molecule has 0 spiro atoms. The van der Waals surface area contributed by atoms with Gasteiger partial charge in [0.1, 0.15) is 0 Å². The molecule has 6 heteroatoms. The van der Waals surface area contributed by atoms with Gasteiger partial charge in [0.05, 0.1) is 4.90 Å². The number of carbonyl (C=O) groups excluding carboxylic acids is 1. The molecule has 1 aliphatic heterocycles. The number of carbonyl (C=O) groups is 1. The molecular formula is C22H28N2O3S. The van der Waals surface area contributed by atoms with Gasteiger partial charge in [-0.3, -0.25) is 4.79 Å². The van der Waals surface area contributed by atoms with Crippen molar-refractivity contribution in [2.45, 2.75) is 57.5 Å². The Kier molecular flexibility index (Phi) is 6.20. The summed E-state index contributed by atoms with van der Waals surface area (Å²) >= 11 is 0. The van der Waals surface area contributed by atoms with E-state index < -0.39 is 10.0 Å². The van der Waals surface area contributed by atoms with Gasteiger partial charge in [0.25, 0.3) is 5.91 Å². The van der Waals surface area contributed by atoms with E-state index in [1.807, 2.05) is 45.0 Å². The lowest BCUT2D eigenvalue weighted by atomic mass is 10.1. The Hall–Kier alpha value is -2.18. The van der Waals surface area contributed by atoms with Crippen molar-refractivity contribution in [1.82, 2.24) is 9.62 Å². The van der Waals surface area contributed by atoms with Crippen molar-refractivity contribution in [1.29, 1.82) is 0 Å². The first kappa shape index (κ1) is 20.6. The van der Waals surface area contributed by atoms with E-state index in [0.29, 0.717) is 18.7 Å². The molecule has 0 bridgehead atoms. The van der Waals surface area contributed by atoms with Crippen molar-refractivity contribution in [2.24, 2.45) is 0 Å². The highest BCUT2D eigenvalue weighted by atomic mass is 32.2. The molecule has 1 N–H and O–H groups in total. The highest BCUT2D eigenvalue weighted by molar-refractivity contribution is 7.89. The summed E-state index contributed by atoms with van der Waals surface area (Å²) in [5.74, 6) is -0.260. The summed E-state index contributed by atoms with van der Waals surface area (Å²) in [6.07, 6.45) is 2.79. The maximum atomic E-state index is 13.1. The van der Waals surface area contributed by atoms with Gasteiger partial charge in [-0.15, -0.1) is 0 Å². The molecule has 28 heavy (non-hydrogen) atoms. The Balaban J connectivity index is 1.83. The number of aryl methyl sites for hydroxylation is 2. The van der Waals surface area contributed by atoms with Gasteiger partial charge in [0.2, 0.25) is 10.0 Å². The van der Waals surface area contributed by atoms with Gasteiger partial charge in [0, 0.05) is 24.7 Å². The number of benzene rings is 2. The molecule has 0 radical (unpaired) electrons. The summed E-state index contributed by atoms with van der Waals surface area (Å²) in [5.41, 5.74) is 3.31. The molecule has 0 aromatic heterocycles. The van der Waals surface area contributed by atoms with Gasteiger partial charge in [-0.25, -0.2) is 8.42 Å². The average Bonchev–Trinajstić information content (AvgIpc) is 2.67. The van der Waals surface area contributed by atoms with Crippen LogP contribution in [-0.4, -0.2) is 31.2 Å². The van der Waals surface area contributed by atoms with Crippen molar-refractivity contribution in [3.8, 4) is 0 Å². The SMILES string of the molecule is Cc1ccccc1CNC(=O)c1cc(S(=O)(=O)N2CCCCC2C)ccc1C. The van der Waals surface area contributed by atoms with Crippen LogP contribution in [0.3, 0.4) is 0 Å². The first-order valence-corrected chi connectivity index (χ1v) is 11.2. The largest absolute Gasteiger partial charge is 0.348 e. The summed E-state index contributed by atoms with van der Waals surface area (Å²) < 4.78 is 27.8. The van der Waals surface area contributed by atoms with Crippen molar-refractivity contribution < 1.29 is 13.2 Å². The number of rotatable bonds is 5. The molecule has 150 valence electrons. The zero-order valence-corrected chi connectivity index (χ0v) is 17.6. The normalized spacial score (nSPS) is 18.0. The predicted octanol–water partition coefficient (Wildman–Crippen LogP) is 3.80. The van der Waals surface area contributed by atoms with Crippen LogP contribution in [-0.2, 0) is 16.6 Å². The van der Waals surface area contributed by atoms with Crippen molar-refractivity contribution in [2.75, 3.05) is 6.54 Å². The van der Waals surface area contributed by atoms with Gasteiger partial charge in [-0.2, -0.15) is 4.31 Å². The van der Waals surface area contributed by atoms with E-state index >= 15 is 0 Å². The summed E-state index contributed by atoms with van der Waals surface area (Å²) in [4.78, 5) is 12.9. The molecule has 0 saturated carbocycles. The Morgan fingerprint density at radius 2 is 1.86 bits per heavy atom. The maximum Gasteiger partial charge on any atom is 0.251 e. The fourth-order valence-electron chi connectivity index (χ4n) is 3.65. The lowest BCUT2D eigenvalue weighted by molar-refractivity contribution is 0.0950. The molecule has 1 heterocycles. The van der Waals surface area contributed by atoms with Crippen molar-refractivity contribution in [3.05, 3.63) is 64.7 Å². The molecule has 1 unspecified atom stereocenters. The number of nitrogens with one attached hydrogen (secondary N) is 1. The second-order valence-electron chi connectivity index (χ2n) is 7.55. The van der Waals surface area contributed by atoms with Crippen molar-refractivity contribution >= 4 is 15.9 Å². The Morgan fingerprint density at radius 3 is 2.57 bits per heavy atom. The molecule has 1 aliphatic rings. The van der Waals surface area contributed by atoms with Crippen LogP contribution >= 0.6 is 0 Å². The van der Waals surface area contributed by atoms with E-state index in [4.69, 9.17) is 0 Å². The number of piperidine rings is 1. The van der Waals surface area contributed by atoms with E-state index in [-0.39, 0.29) is 16.8 Å². The molecule has 1 amide bonds. The fraction of sp³-hybridized carbons (Fsp3) is 0.409. The summed E-state index contributed by atoms with van der Waals surface area (Å²) in [6.45, 7) is 6.71. The average molecular weight is 401 g/mol. The molecule has 5 nitrogen and oxygen atoms in total. The first-order chi connectivity index (χ1) is 13.3. The van der Waals surface area contributed by atoms with E-state index in [2.05, 4.69) is 5.32 Å². The highest BCUT2D eigenvalue weighted by Gasteiger charge is 2.31. The second-order valence-corrected chi connectivity index (χ2v) is 9.44. The molecule has 1 saturated heterocycles. The minimum Gasteiger partial charge on any atom is -0.348 e. The van der Waals surface area contributed by atoms with Crippen LogP contribution in [0.15, 0.2) is 47.4 Å². The molecule has 2 aromatic carbocycles. The number of sulfonamides is 1. The molecule has 1 atom stereocenters. The van der Waals surface area contributed by atoms with Crippen LogP contribution < -0.4 is 5.32 Å². The van der Waals surface area contributed by atoms with E-state index in [1.54, 1.807) is 16.4 Å². The van der Waals surface area contributed by atoms with Crippen LogP contribution in [0.5, 0.6) is 0 Å². The number of hydrogen-bond acceptors (Lipinski definition) is 3. The smallest absolute Gasteiger partial charge is 0.251 e. The van der Waals surface area contributed by atoms with E-state index in [0.717, 1.165) is 36.0 Å². The number of nitrogens with zero attached hydrogens (tertiary/aromatic N) is 1. The molecule has 2 aromatic rings. The Labute approximate surface area is 167 Å². The molecular weight excluding hydrogens is 372 g/mol. The zero-order chi connectivity index (χ0) is 20.3. The summed E-state index contributed by atoms with van der Waals surface area (Å²) in [7, 11) is -3.60. The van der Waals surface area contributed by atoms with Gasteiger partial charge in [-0.05, 0) is 62.4 Å². The predicted molar refractivity (Wildman–Crippen MR) is 111 cm³/mol. The first-order valence-electron chi connectivity index (χ1n) is 9.76. The van der Waals surface area contributed by atoms with Gasteiger partial charge in [0.15, 0.2) is 0 Å². The molecule has 1 fully saturated rings. The lowest BCUT2D eigenvalue weighted by Crippen LogP contribution is -2.42. The summed E-state index contributed by atoms with van der Waals surface area (Å²) in [5, 5.41) is 2.92. The van der Waals surface area contributed by atoms with E-state index in [1.165, 1.54) is 6.07 Å². The Bertz CT molecular complexity index is 969. The topological polar surface area (TPSA) is 66.5 Å². The van der Waals surface area contributed by atoms with Gasteiger partial charge < -0.3 is 5.32 Å². The minimum atomic E-state index is -3.60. The van der Waals surface area contributed by atoms with Crippen LogP contribution in [0, 0.1) is 13.8 Å². The van der Waals surface area contributed by atoms with Crippen LogP contribution in [0.4, 0.5) is 0 Å². The Morgan fingerprint density at radius 1 is 1.11 bits per heavy atom. The van der Waals surface area contributed by atoms with Gasteiger partial charge >= 0.3 is 0 Å². The second kappa shape index (κ2) is 8.45. The zero-order valence-electron chi connectivity index (χ0n) is 16.7. The van der Waals surface area contributed by atoms with Crippen LogP contribution in [0.1, 0.15) is 53.2 Å². The third kappa shape index (κ3) is 4.28. The van der Waals surface area contributed by atoms with Crippen LogP contribution in [0.2, 0.25) is 0 Å². The van der Waals surface area contributed by atoms with Crippen LogP contribution in [0.25, 0.3) is 0 Å². The fourth-order valence-corrected chi connectivity index (χ4v) is 5.38. The maximum absolute atomic E-state index is 13.1. The third-order valence-electron chi connectivity index (χ3n) is 5.50. The van der Waals surface area contributed by atoms with E-state index in [9.17, 15) is 13.2 Å². The van der Waals surface area contributed by atoms with Crippen molar-refractivity contribution in [3.63, 3.8) is 0 Å². The lowest BCUT2D eigenvalue weighted by Gasteiger charge is -2.32. The quantitative estimate of drug-likeness (QED) is 0.830. The minimum absolute atomic E-state index is 0.0154. The molecule has 0 aliphatic carbocycles. The summed E-state index contributed by atoms with van der Waals surface area (Å²) in [6, 6.07) is 12.7. The standard InChI is InChI=1S/C22H28N2O3S/c1-16-8-4-5-10-19(16)15-23-22(25)21-14-20(12-11-17(21)2)28(26,27)24-13-7-6-9-18(24)3/h4-5,8,10-12,14,18H,6-7,9,13,15H2,1-3H3,(H,23,25). The number of amides is 1. The highest BCUT2D eigenvalue weighted by Crippen LogP contribution is 2.26.